The van der Waals surface area contributed by atoms with Crippen molar-refractivity contribution in [1.29, 1.82) is 0 Å². The van der Waals surface area contributed by atoms with Gasteiger partial charge in [0.15, 0.2) is 0 Å². The van der Waals surface area contributed by atoms with Crippen LogP contribution in [-0.2, 0) is 16.0 Å². The Hall–Kier alpha value is -1.27. The molecule has 2 aromatic heterocycles. The molecule has 0 saturated carbocycles. The average molecular weight is 268 g/mol. The van der Waals surface area contributed by atoms with E-state index in [0.717, 1.165) is 16.4 Å². The highest BCUT2D eigenvalue weighted by atomic mass is 32.1. The van der Waals surface area contributed by atoms with Gasteiger partial charge in [-0.1, -0.05) is 0 Å². The van der Waals surface area contributed by atoms with E-state index in [1.54, 1.807) is 35.1 Å². The lowest BCUT2D eigenvalue weighted by atomic mass is 10.2. The minimum Gasteiger partial charge on any atom is -0.466 e. The van der Waals surface area contributed by atoms with E-state index >= 15 is 0 Å². The van der Waals surface area contributed by atoms with E-state index in [4.69, 9.17) is 4.74 Å². The van der Waals surface area contributed by atoms with Crippen molar-refractivity contribution in [3.05, 3.63) is 22.0 Å². The Balaban J connectivity index is 1.93. The topological polar surface area (TPSA) is 52.1 Å². The largest absolute Gasteiger partial charge is 0.466 e. The molecule has 2 aromatic rings. The van der Waals surface area contributed by atoms with Crippen LogP contribution in [-0.4, -0.2) is 22.5 Å². The highest BCUT2D eigenvalue weighted by Gasteiger charge is 2.08. The van der Waals surface area contributed by atoms with Crippen molar-refractivity contribution >= 4 is 28.6 Å². The Kier molecular flexibility index (Phi) is 4.22. The van der Waals surface area contributed by atoms with Crippen LogP contribution in [0, 0.1) is 0 Å². The third kappa shape index (κ3) is 3.34. The fourth-order valence-electron chi connectivity index (χ4n) is 1.32. The summed E-state index contributed by atoms with van der Waals surface area (Å²) in [4.78, 5) is 19.8. The van der Waals surface area contributed by atoms with Gasteiger partial charge in [0.2, 0.25) is 0 Å². The number of rotatable bonds is 5. The lowest BCUT2D eigenvalue weighted by Crippen LogP contribution is -2.05. The fraction of sp³-hybridized carbons (Fsp3) is 0.364. The molecule has 0 aliphatic rings. The number of hydrogen-bond donors (Lipinski definition) is 0. The second-order valence-corrected chi connectivity index (χ2v) is 4.90. The van der Waals surface area contributed by atoms with E-state index in [1.165, 1.54) is 0 Å². The molecule has 0 bridgehead atoms. The second kappa shape index (κ2) is 5.88. The van der Waals surface area contributed by atoms with Crippen LogP contribution in [0.15, 0.2) is 16.3 Å². The van der Waals surface area contributed by atoms with Gasteiger partial charge in [-0.3, -0.25) is 4.79 Å². The molecule has 0 saturated heterocycles. The SMILES string of the molecule is CCOC(=O)CCc1csc(-c2cscn2)n1. The van der Waals surface area contributed by atoms with Crippen molar-refractivity contribution < 1.29 is 9.53 Å². The van der Waals surface area contributed by atoms with Crippen LogP contribution in [0.2, 0.25) is 0 Å². The standard InChI is InChI=1S/C11H12N2O2S2/c1-2-15-10(14)4-3-8-5-17-11(13-8)9-6-16-7-12-9/h5-7H,2-4H2,1H3. The van der Waals surface area contributed by atoms with Crippen molar-refractivity contribution in [2.75, 3.05) is 6.61 Å². The predicted molar refractivity (Wildman–Crippen MR) is 68.2 cm³/mol. The van der Waals surface area contributed by atoms with Gasteiger partial charge in [0, 0.05) is 17.2 Å². The van der Waals surface area contributed by atoms with Gasteiger partial charge >= 0.3 is 5.97 Å². The minimum absolute atomic E-state index is 0.171. The molecule has 2 heterocycles. The summed E-state index contributed by atoms with van der Waals surface area (Å²) in [7, 11) is 0. The zero-order valence-corrected chi connectivity index (χ0v) is 11.0. The highest BCUT2D eigenvalue weighted by Crippen LogP contribution is 2.23. The van der Waals surface area contributed by atoms with E-state index in [9.17, 15) is 4.79 Å². The molecule has 0 aromatic carbocycles. The maximum atomic E-state index is 11.2. The summed E-state index contributed by atoms with van der Waals surface area (Å²) in [6.45, 7) is 2.24. The van der Waals surface area contributed by atoms with Crippen LogP contribution in [0.1, 0.15) is 19.0 Å². The Labute approximate surface area is 107 Å². The van der Waals surface area contributed by atoms with E-state index in [1.807, 2.05) is 10.8 Å². The Morgan fingerprint density at radius 1 is 1.47 bits per heavy atom. The summed E-state index contributed by atoms with van der Waals surface area (Å²) in [5.41, 5.74) is 3.61. The smallest absolute Gasteiger partial charge is 0.306 e. The Morgan fingerprint density at radius 2 is 2.35 bits per heavy atom. The van der Waals surface area contributed by atoms with Crippen molar-refractivity contribution in [1.82, 2.24) is 9.97 Å². The summed E-state index contributed by atoms with van der Waals surface area (Å²) < 4.78 is 4.87. The molecule has 2 rings (SSSR count). The van der Waals surface area contributed by atoms with E-state index < -0.39 is 0 Å². The number of ether oxygens (including phenoxy) is 1. The average Bonchev–Trinajstić information content (AvgIpc) is 2.97. The van der Waals surface area contributed by atoms with E-state index in [-0.39, 0.29) is 5.97 Å². The van der Waals surface area contributed by atoms with Crippen LogP contribution >= 0.6 is 22.7 Å². The molecule has 17 heavy (non-hydrogen) atoms. The van der Waals surface area contributed by atoms with Crippen LogP contribution in [0.3, 0.4) is 0 Å². The van der Waals surface area contributed by atoms with Gasteiger partial charge in [0.25, 0.3) is 0 Å². The fourth-order valence-corrected chi connectivity index (χ4v) is 2.75. The maximum absolute atomic E-state index is 11.2. The molecule has 0 unspecified atom stereocenters. The van der Waals surface area contributed by atoms with Gasteiger partial charge in [0.05, 0.1) is 24.2 Å². The van der Waals surface area contributed by atoms with Gasteiger partial charge in [-0.2, -0.15) is 0 Å². The molecular weight excluding hydrogens is 256 g/mol. The third-order valence-electron chi connectivity index (χ3n) is 2.09. The third-order valence-corrected chi connectivity index (χ3v) is 3.59. The number of aromatic nitrogens is 2. The second-order valence-electron chi connectivity index (χ2n) is 3.32. The normalized spacial score (nSPS) is 10.4. The summed E-state index contributed by atoms with van der Waals surface area (Å²) in [5, 5.41) is 4.84. The molecule has 4 nitrogen and oxygen atoms in total. The molecule has 0 atom stereocenters. The van der Waals surface area contributed by atoms with Crippen LogP contribution in [0.5, 0.6) is 0 Å². The van der Waals surface area contributed by atoms with Crippen LogP contribution in [0.25, 0.3) is 10.7 Å². The van der Waals surface area contributed by atoms with Gasteiger partial charge in [-0.05, 0) is 6.92 Å². The molecule has 0 fully saturated rings. The predicted octanol–water partition coefficient (Wildman–Crippen LogP) is 2.76. The summed E-state index contributed by atoms with van der Waals surface area (Å²) in [6.07, 6.45) is 1.01. The summed E-state index contributed by atoms with van der Waals surface area (Å²) in [6, 6.07) is 0. The first-order chi connectivity index (χ1) is 8.29. The number of thiazole rings is 2. The first-order valence-electron chi connectivity index (χ1n) is 5.28. The number of aryl methyl sites for hydroxylation is 1. The van der Waals surface area contributed by atoms with Gasteiger partial charge in [-0.25, -0.2) is 9.97 Å². The van der Waals surface area contributed by atoms with Crippen molar-refractivity contribution in [2.45, 2.75) is 19.8 Å². The zero-order chi connectivity index (χ0) is 12.1. The lowest BCUT2D eigenvalue weighted by Gasteiger charge is -1.98. The van der Waals surface area contributed by atoms with Crippen molar-refractivity contribution in [3.63, 3.8) is 0 Å². The molecule has 0 spiro atoms. The molecule has 0 N–H and O–H groups in total. The summed E-state index contributed by atoms with van der Waals surface area (Å²) >= 11 is 3.10. The maximum Gasteiger partial charge on any atom is 0.306 e. The van der Waals surface area contributed by atoms with E-state index in [0.29, 0.717) is 19.4 Å². The van der Waals surface area contributed by atoms with Crippen LogP contribution in [0.4, 0.5) is 0 Å². The first kappa shape index (κ1) is 12.2. The number of carbonyl (C=O) groups excluding carboxylic acids is 1. The van der Waals surface area contributed by atoms with Gasteiger partial charge in [-0.15, -0.1) is 22.7 Å². The number of carbonyl (C=O) groups is 1. The molecule has 6 heteroatoms. The molecule has 90 valence electrons. The Morgan fingerprint density at radius 3 is 3.06 bits per heavy atom. The van der Waals surface area contributed by atoms with Gasteiger partial charge < -0.3 is 4.74 Å². The lowest BCUT2D eigenvalue weighted by molar-refractivity contribution is -0.143. The molecule has 0 aliphatic carbocycles. The molecule has 0 aliphatic heterocycles. The highest BCUT2D eigenvalue weighted by molar-refractivity contribution is 7.13. The zero-order valence-electron chi connectivity index (χ0n) is 9.38. The quantitative estimate of drug-likeness (QED) is 0.782. The van der Waals surface area contributed by atoms with Crippen molar-refractivity contribution in [2.24, 2.45) is 0 Å². The summed E-state index contributed by atoms with van der Waals surface area (Å²) in [5.74, 6) is -0.171. The van der Waals surface area contributed by atoms with Crippen LogP contribution < -0.4 is 0 Å². The first-order valence-corrected chi connectivity index (χ1v) is 7.10. The minimum atomic E-state index is -0.171. The van der Waals surface area contributed by atoms with Crippen molar-refractivity contribution in [3.8, 4) is 10.7 Å². The van der Waals surface area contributed by atoms with Gasteiger partial charge in [0.1, 0.15) is 10.7 Å². The number of nitrogens with zero attached hydrogens (tertiary/aromatic N) is 2. The number of hydrogen-bond acceptors (Lipinski definition) is 6. The molecular formula is C11H12N2O2S2. The monoisotopic (exact) mass is 268 g/mol. The van der Waals surface area contributed by atoms with E-state index in [2.05, 4.69) is 9.97 Å². The Bertz CT molecular complexity index is 479. The molecule has 0 radical (unpaired) electrons. The number of esters is 1. The molecule has 0 amide bonds.